The number of amides is 1. The van der Waals surface area contributed by atoms with Crippen molar-refractivity contribution in [1.29, 1.82) is 0 Å². The van der Waals surface area contributed by atoms with Crippen molar-refractivity contribution < 1.29 is 4.79 Å². The summed E-state index contributed by atoms with van der Waals surface area (Å²) in [4.78, 5) is 25.6. The lowest BCUT2D eigenvalue weighted by atomic mass is 9.96. The lowest BCUT2D eigenvalue weighted by molar-refractivity contribution is 0.234. The fraction of sp³-hybridized carbons (Fsp3) is 0.579. The van der Waals surface area contributed by atoms with Crippen molar-refractivity contribution in [2.24, 2.45) is 0 Å². The molecule has 0 saturated heterocycles. The molecule has 0 bridgehead atoms. The normalized spacial score (nSPS) is 15.7. The largest absolute Gasteiger partial charge is 0.337 e. The van der Waals surface area contributed by atoms with Crippen LogP contribution in [0.5, 0.6) is 0 Å². The second kappa shape index (κ2) is 7.69. The molecule has 2 aromatic rings. The van der Waals surface area contributed by atoms with Gasteiger partial charge in [0.2, 0.25) is 0 Å². The summed E-state index contributed by atoms with van der Waals surface area (Å²) in [5.41, 5.74) is 1.32. The molecule has 1 fully saturated rings. The Bertz CT molecular complexity index is 754. The minimum atomic E-state index is -0.280. The quantitative estimate of drug-likeness (QED) is 0.846. The first kappa shape index (κ1) is 16.8. The number of imidazole rings is 1. The van der Waals surface area contributed by atoms with E-state index >= 15 is 0 Å². The molecule has 1 aliphatic rings. The van der Waals surface area contributed by atoms with Crippen LogP contribution in [0.3, 0.4) is 0 Å². The highest BCUT2D eigenvalue weighted by Crippen LogP contribution is 2.18. The summed E-state index contributed by atoms with van der Waals surface area (Å²) in [6.45, 7) is 2.81. The maximum absolute atomic E-state index is 12.8. The molecule has 5 heteroatoms. The van der Waals surface area contributed by atoms with Crippen LogP contribution >= 0.6 is 0 Å². The van der Waals surface area contributed by atoms with E-state index in [4.69, 9.17) is 0 Å². The zero-order valence-corrected chi connectivity index (χ0v) is 14.5. The lowest BCUT2D eigenvalue weighted by Crippen LogP contribution is -2.42. The topological polar surface area (TPSA) is 56.0 Å². The third kappa shape index (κ3) is 3.40. The van der Waals surface area contributed by atoms with Crippen molar-refractivity contribution >= 4 is 17.1 Å². The summed E-state index contributed by atoms with van der Waals surface area (Å²) in [5, 5.41) is 3.06. The second-order valence-corrected chi connectivity index (χ2v) is 6.75. The van der Waals surface area contributed by atoms with Crippen LogP contribution in [0.2, 0.25) is 0 Å². The molecule has 1 heterocycles. The molecule has 0 aliphatic heterocycles. The smallest absolute Gasteiger partial charge is 0.335 e. The van der Waals surface area contributed by atoms with Crippen LogP contribution in [0.1, 0.15) is 58.3 Å². The first-order valence-corrected chi connectivity index (χ1v) is 9.23. The predicted octanol–water partition coefficient (Wildman–Crippen LogP) is 3.88. The van der Waals surface area contributed by atoms with E-state index in [1.165, 1.54) is 11.0 Å². The van der Waals surface area contributed by atoms with Gasteiger partial charge in [0.15, 0.2) is 0 Å². The first-order valence-electron chi connectivity index (χ1n) is 9.23. The van der Waals surface area contributed by atoms with Gasteiger partial charge >= 0.3 is 11.7 Å². The average molecular weight is 329 g/mol. The maximum Gasteiger partial charge on any atom is 0.337 e. The Labute approximate surface area is 142 Å². The number of nitrogens with zero attached hydrogens (tertiary/aromatic N) is 2. The number of unbranched alkanes of at least 4 members (excludes halogenated alkanes) is 2. The van der Waals surface area contributed by atoms with Crippen molar-refractivity contribution in [1.82, 2.24) is 14.5 Å². The van der Waals surface area contributed by atoms with E-state index in [9.17, 15) is 9.59 Å². The van der Waals surface area contributed by atoms with Crippen LogP contribution < -0.4 is 11.0 Å². The van der Waals surface area contributed by atoms with E-state index < -0.39 is 0 Å². The van der Waals surface area contributed by atoms with Gasteiger partial charge < -0.3 is 5.32 Å². The molecule has 3 rings (SSSR count). The van der Waals surface area contributed by atoms with E-state index in [0.717, 1.165) is 50.5 Å². The number of aromatic nitrogens is 2. The van der Waals surface area contributed by atoms with Crippen LogP contribution in [0.15, 0.2) is 29.1 Å². The zero-order chi connectivity index (χ0) is 16.9. The summed E-state index contributed by atoms with van der Waals surface area (Å²) in [6, 6.07) is 7.49. The molecule has 1 amide bonds. The van der Waals surface area contributed by atoms with Crippen molar-refractivity contribution in [2.75, 3.05) is 0 Å². The SMILES string of the molecule is CCCCCn1c(=O)n(C(=O)NC2CCCCC2)c2ccccc21. The Morgan fingerprint density at radius 3 is 2.54 bits per heavy atom. The van der Waals surface area contributed by atoms with Gasteiger partial charge in [0.25, 0.3) is 0 Å². The number of aryl methyl sites for hydroxylation is 1. The number of nitrogens with one attached hydrogen (secondary N) is 1. The highest BCUT2D eigenvalue weighted by molar-refractivity contribution is 5.89. The Morgan fingerprint density at radius 2 is 1.83 bits per heavy atom. The Hall–Kier alpha value is -2.04. The molecule has 0 unspecified atom stereocenters. The molecular weight excluding hydrogens is 302 g/mol. The van der Waals surface area contributed by atoms with Crippen LogP contribution in [-0.4, -0.2) is 21.2 Å². The molecule has 0 spiro atoms. The minimum absolute atomic E-state index is 0.195. The van der Waals surface area contributed by atoms with E-state index in [-0.39, 0.29) is 17.8 Å². The lowest BCUT2D eigenvalue weighted by Gasteiger charge is -2.22. The molecule has 0 atom stereocenters. The minimum Gasteiger partial charge on any atom is -0.335 e. The van der Waals surface area contributed by atoms with Gasteiger partial charge in [-0.15, -0.1) is 0 Å². The number of benzene rings is 1. The molecule has 24 heavy (non-hydrogen) atoms. The average Bonchev–Trinajstić information content (AvgIpc) is 2.88. The van der Waals surface area contributed by atoms with Crippen LogP contribution in [0.4, 0.5) is 4.79 Å². The van der Waals surface area contributed by atoms with Crippen LogP contribution in [0, 0.1) is 0 Å². The monoisotopic (exact) mass is 329 g/mol. The second-order valence-electron chi connectivity index (χ2n) is 6.75. The summed E-state index contributed by atoms with van der Waals surface area (Å²) in [6.07, 6.45) is 8.70. The number of hydrogen-bond donors (Lipinski definition) is 1. The number of carbonyl (C=O) groups is 1. The van der Waals surface area contributed by atoms with Crippen molar-refractivity contribution in [3.05, 3.63) is 34.7 Å². The molecule has 1 N–H and O–H groups in total. The number of para-hydroxylation sites is 2. The third-order valence-corrected chi connectivity index (χ3v) is 4.96. The number of carbonyl (C=O) groups excluding carboxylic acids is 1. The Balaban J connectivity index is 1.90. The predicted molar refractivity (Wildman–Crippen MR) is 96.5 cm³/mol. The maximum atomic E-state index is 12.8. The summed E-state index contributed by atoms with van der Waals surface area (Å²) in [5.74, 6) is 0. The fourth-order valence-electron chi connectivity index (χ4n) is 3.63. The zero-order valence-electron chi connectivity index (χ0n) is 14.5. The van der Waals surface area contributed by atoms with Crippen molar-refractivity contribution in [2.45, 2.75) is 70.9 Å². The Morgan fingerprint density at radius 1 is 1.12 bits per heavy atom. The number of rotatable bonds is 5. The van der Waals surface area contributed by atoms with Gasteiger partial charge in [-0.25, -0.2) is 14.2 Å². The van der Waals surface area contributed by atoms with Crippen molar-refractivity contribution in [3.63, 3.8) is 0 Å². The standard InChI is InChI=1S/C19H27N3O2/c1-2-3-9-14-21-16-12-7-8-13-17(16)22(19(21)24)18(23)20-15-10-5-4-6-11-15/h7-8,12-13,15H,2-6,9-11,14H2,1H3,(H,20,23). The molecule has 1 aromatic carbocycles. The molecule has 1 saturated carbocycles. The summed E-state index contributed by atoms with van der Waals surface area (Å²) >= 11 is 0. The van der Waals surface area contributed by atoms with Crippen LogP contribution in [0.25, 0.3) is 11.0 Å². The van der Waals surface area contributed by atoms with E-state index in [1.54, 1.807) is 4.57 Å². The molecular formula is C19H27N3O2. The highest BCUT2D eigenvalue weighted by atomic mass is 16.2. The molecule has 130 valence electrons. The number of fused-ring (bicyclic) bond motifs is 1. The van der Waals surface area contributed by atoms with Gasteiger partial charge in [0.05, 0.1) is 11.0 Å². The van der Waals surface area contributed by atoms with Gasteiger partial charge in [-0.1, -0.05) is 51.2 Å². The van der Waals surface area contributed by atoms with Gasteiger partial charge in [-0.05, 0) is 31.4 Å². The van der Waals surface area contributed by atoms with Gasteiger partial charge in [-0.2, -0.15) is 0 Å². The van der Waals surface area contributed by atoms with E-state index in [0.29, 0.717) is 12.1 Å². The first-order chi connectivity index (χ1) is 11.7. The fourth-order valence-corrected chi connectivity index (χ4v) is 3.63. The summed E-state index contributed by atoms with van der Waals surface area (Å²) < 4.78 is 3.06. The van der Waals surface area contributed by atoms with E-state index in [1.807, 2.05) is 24.3 Å². The number of hydrogen-bond acceptors (Lipinski definition) is 2. The van der Waals surface area contributed by atoms with Gasteiger partial charge in [-0.3, -0.25) is 4.57 Å². The van der Waals surface area contributed by atoms with Gasteiger partial charge in [0, 0.05) is 12.6 Å². The highest BCUT2D eigenvalue weighted by Gasteiger charge is 2.21. The molecule has 1 aromatic heterocycles. The molecule has 0 radical (unpaired) electrons. The third-order valence-electron chi connectivity index (χ3n) is 4.96. The van der Waals surface area contributed by atoms with Gasteiger partial charge in [0.1, 0.15) is 0 Å². The summed E-state index contributed by atoms with van der Waals surface area (Å²) in [7, 11) is 0. The van der Waals surface area contributed by atoms with E-state index in [2.05, 4.69) is 12.2 Å². The van der Waals surface area contributed by atoms with Crippen LogP contribution in [-0.2, 0) is 6.54 Å². The van der Waals surface area contributed by atoms with Crippen molar-refractivity contribution in [3.8, 4) is 0 Å². The molecule has 5 nitrogen and oxygen atoms in total. The Kier molecular flexibility index (Phi) is 5.38. The molecule has 1 aliphatic carbocycles.